The van der Waals surface area contributed by atoms with Crippen LogP contribution in [0.25, 0.3) is 0 Å². The Balaban J connectivity index is 2.70. The summed E-state index contributed by atoms with van der Waals surface area (Å²) in [6.07, 6.45) is 0.470. The van der Waals surface area contributed by atoms with E-state index in [1.54, 1.807) is 0 Å². The van der Waals surface area contributed by atoms with Crippen LogP contribution in [0.5, 0.6) is 0 Å². The van der Waals surface area contributed by atoms with Crippen molar-refractivity contribution in [2.45, 2.75) is 6.42 Å². The molecule has 0 amide bonds. The number of sulfone groups is 1. The van der Waals surface area contributed by atoms with Crippen molar-refractivity contribution >= 4 is 15.7 Å². The molecule has 1 aliphatic rings. The SMILES string of the molecule is N/C(=N\O)C1CCS(=O)(=O)C1. The van der Waals surface area contributed by atoms with Crippen LogP contribution >= 0.6 is 0 Å². The first kappa shape index (κ1) is 8.32. The lowest BCUT2D eigenvalue weighted by Crippen LogP contribution is -2.24. The van der Waals surface area contributed by atoms with E-state index in [9.17, 15) is 8.42 Å². The lowest BCUT2D eigenvalue weighted by molar-refractivity contribution is 0.314. The standard InChI is InChI=1S/C5H10N2O3S/c6-5(7-8)4-1-2-11(9,10)3-4/h4,8H,1-3H2,(H2,6,7). The topological polar surface area (TPSA) is 92.8 Å². The molecule has 11 heavy (non-hydrogen) atoms. The lowest BCUT2D eigenvalue weighted by Gasteiger charge is -2.02. The minimum Gasteiger partial charge on any atom is -0.409 e. The Hall–Kier alpha value is -0.780. The number of hydrogen-bond acceptors (Lipinski definition) is 4. The first-order chi connectivity index (χ1) is 5.05. The minimum absolute atomic E-state index is 0.0168. The van der Waals surface area contributed by atoms with Gasteiger partial charge in [-0.05, 0) is 6.42 Å². The molecule has 1 atom stereocenters. The van der Waals surface area contributed by atoms with Gasteiger partial charge < -0.3 is 10.9 Å². The Morgan fingerprint density at radius 3 is 2.64 bits per heavy atom. The third-order valence-corrected chi connectivity index (χ3v) is 3.53. The summed E-state index contributed by atoms with van der Waals surface area (Å²) in [5, 5.41) is 11.0. The van der Waals surface area contributed by atoms with E-state index in [0.29, 0.717) is 6.42 Å². The van der Waals surface area contributed by atoms with Gasteiger partial charge >= 0.3 is 0 Å². The molecule has 6 heteroatoms. The first-order valence-electron chi connectivity index (χ1n) is 3.23. The van der Waals surface area contributed by atoms with Gasteiger partial charge in [-0.2, -0.15) is 0 Å². The summed E-state index contributed by atoms with van der Waals surface area (Å²) in [6.45, 7) is 0. The zero-order valence-electron chi connectivity index (χ0n) is 5.90. The van der Waals surface area contributed by atoms with Crippen molar-refractivity contribution in [1.29, 1.82) is 0 Å². The second-order valence-corrected chi connectivity index (χ2v) is 4.85. The van der Waals surface area contributed by atoms with Gasteiger partial charge in [0.1, 0.15) is 5.84 Å². The van der Waals surface area contributed by atoms with Crippen molar-refractivity contribution in [1.82, 2.24) is 0 Å². The van der Waals surface area contributed by atoms with E-state index < -0.39 is 9.84 Å². The molecule has 0 bridgehead atoms. The van der Waals surface area contributed by atoms with Gasteiger partial charge in [0.05, 0.1) is 11.5 Å². The summed E-state index contributed by atoms with van der Waals surface area (Å²) < 4.78 is 21.7. The van der Waals surface area contributed by atoms with Gasteiger partial charge in [-0.15, -0.1) is 0 Å². The van der Waals surface area contributed by atoms with Crippen LogP contribution in [0, 0.1) is 5.92 Å². The summed E-state index contributed by atoms with van der Waals surface area (Å²) in [6, 6.07) is 0. The average molecular weight is 178 g/mol. The Kier molecular flexibility index (Phi) is 2.03. The van der Waals surface area contributed by atoms with Gasteiger partial charge in [-0.1, -0.05) is 5.16 Å². The molecular formula is C5H10N2O3S. The maximum Gasteiger partial charge on any atom is 0.151 e. The van der Waals surface area contributed by atoms with E-state index in [1.807, 2.05) is 0 Å². The van der Waals surface area contributed by atoms with Gasteiger partial charge in [-0.25, -0.2) is 8.42 Å². The summed E-state index contributed by atoms with van der Waals surface area (Å²) in [4.78, 5) is 0. The van der Waals surface area contributed by atoms with Crippen LogP contribution in [-0.2, 0) is 9.84 Å². The van der Waals surface area contributed by atoms with E-state index in [-0.39, 0.29) is 23.3 Å². The van der Waals surface area contributed by atoms with Gasteiger partial charge in [0.15, 0.2) is 9.84 Å². The molecule has 0 aliphatic carbocycles. The molecule has 0 spiro atoms. The Labute approximate surface area is 64.8 Å². The predicted molar refractivity (Wildman–Crippen MR) is 40.2 cm³/mol. The molecule has 0 aromatic rings. The molecule has 1 heterocycles. The molecule has 1 rings (SSSR count). The monoisotopic (exact) mass is 178 g/mol. The predicted octanol–water partition coefficient (Wildman–Crippen LogP) is -0.833. The summed E-state index contributed by atoms with van der Waals surface area (Å²) in [7, 11) is -2.92. The lowest BCUT2D eigenvalue weighted by atomic mass is 10.1. The third-order valence-electron chi connectivity index (χ3n) is 1.77. The summed E-state index contributed by atoms with van der Waals surface area (Å²) in [5.41, 5.74) is 5.23. The van der Waals surface area contributed by atoms with E-state index in [1.165, 1.54) is 0 Å². The molecule has 3 N–H and O–H groups in total. The fourth-order valence-corrected chi connectivity index (χ4v) is 2.87. The van der Waals surface area contributed by atoms with Crippen LogP contribution in [0.4, 0.5) is 0 Å². The fraction of sp³-hybridized carbons (Fsp3) is 0.800. The zero-order chi connectivity index (χ0) is 8.48. The highest BCUT2D eigenvalue weighted by molar-refractivity contribution is 7.91. The van der Waals surface area contributed by atoms with Crippen LogP contribution in [0.1, 0.15) is 6.42 Å². The van der Waals surface area contributed by atoms with Gasteiger partial charge in [-0.3, -0.25) is 0 Å². The Bertz CT molecular complexity index is 269. The van der Waals surface area contributed by atoms with Crippen molar-refractivity contribution < 1.29 is 13.6 Å². The van der Waals surface area contributed by atoms with Crippen molar-refractivity contribution in [3.8, 4) is 0 Å². The number of nitrogens with zero attached hydrogens (tertiary/aromatic N) is 1. The highest BCUT2D eigenvalue weighted by Gasteiger charge is 2.30. The molecule has 1 aliphatic heterocycles. The number of amidine groups is 1. The first-order valence-corrected chi connectivity index (χ1v) is 5.05. The van der Waals surface area contributed by atoms with E-state index in [2.05, 4.69) is 5.16 Å². The normalized spacial score (nSPS) is 30.5. The average Bonchev–Trinajstić information content (AvgIpc) is 2.29. The fourth-order valence-electron chi connectivity index (χ4n) is 1.11. The molecule has 0 aromatic carbocycles. The van der Waals surface area contributed by atoms with Crippen LogP contribution in [-0.4, -0.2) is 31.0 Å². The van der Waals surface area contributed by atoms with Gasteiger partial charge in [0.25, 0.3) is 0 Å². The number of oxime groups is 1. The van der Waals surface area contributed by atoms with E-state index in [0.717, 1.165) is 0 Å². The van der Waals surface area contributed by atoms with E-state index >= 15 is 0 Å². The molecule has 64 valence electrons. The van der Waals surface area contributed by atoms with Crippen LogP contribution in [0.3, 0.4) is 0 Å². The quantitative estimate of drug-likeness (QED) is 0.237. The molecule has 1 saturated heterocycles. The molecular weight excluding hydrogens is 168 g/mol. The van der Waals surface area contributed by atoms with Crippen molar-refractivity contribution in [3.63, 3.8) is 0 Å². The summed E-state index contributed by atoms with van der Waals surface area (Å²) in [5.74, 6) is -0.104. The molecule has 1 unspecified atom stereocenters. The van der Waals surface area contributed by atoms with Crippen molar-refractivity contribution in [2.24, 2.45) is 16.8 Å². The zero-order valence-corrected chi connectivity index (χ0v) is 6.71. The Morgan fingerprint density at radius 2 is 2.27 bits per heavy atom. The molecule has 0 aromatic heterocycles. The summed E-state index contributed by atoms with van der Waals surface area (Å²) >= 11 is 0. The molecule has 0 saturated carbocycles. The second-order valence-electron chi connectivity index (χ2n) is 2.62. The van der Waals surface area contributed by atoms with Crippen molar-refractivity contribution in [3.05, 3.63) is 0 Å². The highest BCUT2D eigenvalue weighted by Crippen LogP contribution is 2.17. The van der Waals surface area contributed by atoms with Crippen molar-refractivity contribution in [2.75, 3.05) is 11.5 Å². The van der Waals surface area contributed by atoms with Crippen LogP contribution < -0.4 is 5.73 Å². The smallest absolute Gasteiger partial charge is 0.151 e. The maximum absolute atomic E-state index is 10.9. The second kappa shape index (κ2) is 2.69. The molecule has 5 nitrogen and oxygen atoms in total. The molecule has 0 radical (unpaired) electrons. The minimum atomic E-state index is -2.92. The highest BCUT2D eigenvalue weighted by atomic mass is 32.2. The number of nitrogens with two attached hydrogens (primary N) is 1. The van der Waals surface area contributed by atoms with Gasteiger partial charge in [0, 0.05) is 5.92 Å². The van der Waals surface area contributed by atoms with E-state index in [4.69, 9.17) is 10.9 Å². The third kappa shape index (κ3) is 1.83. The largest absolute Gasteiger partial charge is 0.409 e. The van der Waals surface area contributed by atoms with Gasteiger partial charge in [0.2, 0.25) is 0 Å². The number of hydrogen-bond donors (Lipinski definition) is 2. The Morgan fingerprint density at radius 1 is 1.64 bits per heavy atom. The number of rotatable bonds is 1. The maximum atomic E-state index is 10.9. The molecule has 1 fully saturated rings. The van der Waals surface area contributed by atoms with Crippen LogP contribution in [0.2, 0.25) is 0 Å². The van der Waals surface area contributed by atoms with Crippen LogP contribution in [0.15, 0.2) is 5.16 Å².